The molecule has 0 aromatic heterocycles. The highest BCUT2D eigenvalue weighted by atomic mass is 32.1. The normalized spacial score (nSPS) is 45.2. The molecule has 0 heterocycles. The molecular weight excluding hydrogens is 252 g/mol. The van der Waals surface area contributed by atoms with Crippen LogP contribution in [0.25, 0.3) is 0 Å². The van der Waals surface area contributed by atoms with E-state index in [1.54, 1.807) is 0 Å². The van der Waals surface area contributed by atoms with Crippen LogP contribution in [0.3, 0.4) is 0 Å². The Morgan fingerprint density at radius 2 is 1.74 bits per heavy atom. The van der Waals surface area contributed by atoms with Gasteiger partial charge in [-0.25, -0.2) is 0 Å². The second kappa shape index (κ2) is 5.59. The van der Waals surface area contributed by atoms with Crippen molar-refractivity contribution in [3.05, 3.63) is 0 Å². The third kappa shape index (κ3) is 2.91. The molecule has 19 heavy (non-hydrogen) atoms. The fourth-order valence-electron chi connectivity index (χ4n) is 4.59. The molecule has 3 aliphatic carbocycles. The Morgan fingerprint density at radius 1 is 0.947 bits per heavy atom. The molecule has 0 aromatic carbocycles. The molecule has 0 amide bonds. The van der Waals surface area contributed by atoms with Crippen LogP contribution in [0, 0.1) is 23.7 Å². The van der Waals surface area contributed by atoms with Gasteiger partial charge in [0.05, 0.1) is 0 Å². The lowest BCUT2D eigenvalue weighted by Gasteiger charge is -2.36. The molecule has 3 saturated carbocycles. The van der Waals surface area contributed by atoms with Gasteiger partial charge in [-0.1, -0.05) is 33.1 Å². The van der Waals surface area contributed by atoms with E-state index < -0.39 is 0 Å². The van der Waals surface area contributed by atoms with E-state index in [0.717, 1.165) is 28.8 Å². The van der Waals surface area contributed by atoms with Crippen LogP contribution < -0.4 is 10.6 Å². The molecule has 3 aliphatic rings. The van der Waals surface area contributed by atoms with Crippen LogP contribution in [0.15, 0.2) is 0 Å². The van der Waals surface area contributed by atoms with Gasteiger partial charge >= 0.3 is 0 Å². The number of hydrogen-bond acceptors (Lipinski definition) is 1. The zero-order chi connectivity index (χ0) is 13.4. The Labute approximate surface area is 123 Å². The minimum atomic E-state index is 0.586. The summed E-state index contributed by atoms with van der Waals surface area (Å²) in [5.41, 5.74) is 0. The summed E-state index contributed by atoms with van der Waals surface area (Å²) in [6.45, 7) is 4.76. The Kier molecular flexibility index (Phi) is 4.02. The van der Waals surface area contributed by atoms with E-state index in [1.807, 2.05) is 0 Å². The summed E-state index contributed by atoms with van der Waals surface area (Å²) in [7, 11) is 0. The molecule has 6 atom stereocenters. The second-order valence-corrected chi connectivity index (χ2v) is 7.68. The summed E-state index contributed by atoms with van der Waals surface area (Å²) in [6, 6.07) is 1.25. The molecule has 108 valence electrons. The summed E-state index contributed by atoms with van der Waals surface area (Å²) >= 11 is 5.56. The van der Waals surface area contributed by atoms with Gasteiger partial charge in [0, 0.05) is 12.1 Å². The highest BCUT2D eigenvalue weighted by molar-refractivity contribution is 7.80. The molecular formula is C16H28N2S. The first-order valence-electron chi connectivity index (χ1n) is 8.20. The summed E-state index contributed by atoms with van der Waals surface area (Å²) in [4.78, 5) is 0. The van der Waals surface area contributed by atoms with Crippen LogP contribution in [0.1, 0.15) is 58.8 Å². The Balaban J connectivity index is 1.48. The molecule has 2 bridgehead atoms. The smallest absolute Gasteiger partial charge is 0.166 e. The molecule has 2 N–H and O–H groups in total. The van der Waals surface area contributed by atoms with Gasteiger partial charge in [0.1, 0.15) is 0 Å². The molecule has 3 rings (SSSR count). The van der Waals surface area contributed by atoms with Gasteiger partial charge < -0.3 is 10.6 Å². The second-order valence-electron chi connectivity index (χ2n) is 7.27. The molecule has 2 nitrogen and oxygen atoms in total. The topological polar surface area (TPSA) is 24.1 Å². The monoisotopic (exact) mass is 280 g/mol. The van der Waals surface area contributed by atoms with E-state index in [2.05, 4.69) is 24.5 Å². The van der Waals surface area contributed by atoms with Crippen molar-refractivity contribution in [3.63, 3.8) is 0 Å². The van der Waals surface area contributed by atoms with Gasteiger partial charge in [-0.3, -0.25) is 0 Å². The van der Waals surface area contributed by atoms with Crippen LogP contribution >= 0.6 is 12.2 Å². The number of nitrogens with one attached hydrogen (secondary N) is 2. The highest BCUT2D eigenvalue weighted by Crippen LogP contribution is 2.44. The van der Waals surface area contributed by atoms with Crippen molar-refractivity contribution >= 4 is 17.3 Å². The molecule has 0 radical (unpaired) electrons. The zero-order valence-electron chi connectivity index (χ0n) is 12.3. The lowest BCUT2D eigenvalue weighted by atomic mass is 9.78. The molecule has 3 heteroatoms. The van der Waals surface area contributed by atoms with E-state index in [1.165, 1.54) is 44.9 Å². The van der Waals surface area contributed by atoms with Gasteiger partial charge in [0.25, 0.3) is 0 Å². The average Bonchev–Trinajstić information content (AvgIpc) is 2.97. The molecule has 6 unspecified atom stereocenters. The third-order valence-electron chi connectivity index (χ3n) is 6.08. The third-order valence-corrected chi connectivity index (χ3v) is 6.31. The lowest BCUT2D eigenvalue weighted by molar-refractivity contribution is 0.223. The number of fused-ring (bicyclic) bond motifs is 2. The number of thiocarbonyl (C=S) groups is 1. The van der Waals surface area contributed by atoms with Crippen molar-refractivity contribution in [2.24, 2.45) is 23.7 Å². The van der Waals surface area contributed by atoms with Crippen molar-refractivity contribution in [1.82, 2.24) is 10.6 Å². The SMILES string of the molecule is CC1CCCC(NC(=S)NC2CC3CCC2C3)C1C. The highest BCUT2D eigenvalue weighted by Gasteiger charge is 2.40. The van der Waals surface area contributed by atoms with E-state index in [0.29, 0.717) is 12.1 Å². The average molecular weight is 280 g/mol. The Hall–Kier alpha value is -0.310. The van der Waals surface area contributed by atoms with Crippen LogP contribution in [-0.4, -0.2) is 17.2 Å². The quantitative estimate of drug-likeness (QED) is 0.758. The van der Waals surface area contributed by atoms with Crippen LogP contribution in [-0.2, 0) is 0 Å². The molecule has 0 saturated heterocycles. The fraction of sp³-hybridized carbons (Fsp3) is 0.938. The number of hydrogen-bond donors (Lipinski definition) is 2. The first-order valence-corrected chi connectivity index (χ1v) is 8.61. The predicted octanol–water partition coefficient (Wildman–Crippen LogP) is 3.46. The van der Waals surface area contributed by atoms with Crippen LogP contribution in [0.5, 0.6) is 0 Å². The summed E-state index contributed by atoms with van der Waals surface area (Å²) in [5.74, 6) is 3.46. The standard InChI is InChI=1S/C16H28N2S/c1-10-4-3-5-14(11(10)2)17-16(19)18-15-9-12-6-7-13(15)8-12/h10-15H,3-9H2,1-2H3,(H2,17,18,19). The van der Waals surface area contributed by atoms with E-state index in [4.69, 9.17) is 12.2 Å². The minimum absolute atomic E-state index is 0.586. The van der Waals surface area contributed by atoms with Gasteiger partial charge in [0.15, 0.2) is 5.11 Å². The first-order chi connectivity index (χ1) is 9.13. The molecule has 0 spiro atoms. The van der Waals surface area contributed by atoms with Gasteiger partial charge in [-0.2, -0.15) is 0 Å². The minimum Gasteiger partial charge on any atom is -0.360 e. The first kappa shape index (κ1) is 13.7. The van der Waals surface area contributed by atoms with Crippen molar-refractivity contribution in [3.8, 4) is 0 Å². The fourth-order valence-corrected chi connectivity index (χ4v) is 4.89. The Morgan fingerprint density at radius 3 is 2.42 bits per heavy atom. The summed E-state index contributed by atoms with van der Waals surface area (Å²) in [6.07, 6.45) is 9.68. The van der Waals surface area contributed by atoms with Gasteiger partial charge in [0.2, 0.25) is 0 Å². The maximum absolute atomic E-state index is 5.56. The summed E-state index contributed by atoms with van der Waals surface area (Å²) in [5, 5.41) is 8.14. The van der Waals surface area contributed by atoms with E-state index >= 15 is 0 Å². The molecule has 0 aliphatic heterocycles. The van der Waals surface area contributed by atoms with E-state index in [9.17, 15) is 0 Å². The van der Waals surface area contributed by atoms with Crippen molar-refractivity contribution in [2.45, 2.75) is 70.9 Å². The van der Waals surface area contributed by atoms with Crippen LogP contribution in [0.2, 0.25) is 0 Å². The zero-order valence-corrected chi connectivity index (χ0v) is 13.1. The maximum Gasteiger partial charge on any atom is 0.166 e. The largest absolute Gasteiger partial charge is 0.360 e. The van der Waals surface area contributed by atoms with Gasteiger partial charge in [-0.05, 0) is 61.6 Å². The van der Waals surface area contributed by atoms with Crippen LogP contribution in [0.4, 0.5) is 0 Å². The predicted molar refractivity (Wildman–Crippen MR) is 84.1 cm³/mol. The lowest BCUT2D eigenvalue weighted by Crippen LogP contribution is -2.51. The van der Waals surface area contributed by atoms with Crippen molar-refractivity contribution in [2.75, 3.05) is 0 Å². The summed E-state index contributed by atoms with van der Waals surface area (Å²) < 4.78 is 0. The molecule has 0 aromatic rings. The van der Waals surface area contributed by atoms with Crippen molar-refractivity contribution < 1.29 is 0 Å². The maximum atomic E-state index is 5.56. The molecule has 3 fully saturated rings. The van der Waals surface area contributed by atoms with Gasteiger partial charge in [-0.15, -0.1) is 0 Å². The van der Waals surface area contributed by atoms with E-state index in [-0.39, 0.29) is 0 Å². The Bertz CT molecular complexity index is 344. The van der Waals surface area contributed by atoms with Crippen molar-refractivity contribution in [1.29, 1.82) is 0 Å². The number of rotatable bonds is 2.